The molecular weight excluding hydrogens is 262 g/mol. The van der Waals surface area contributed by atoms with Crippen LogP contribution in [-0.2, 0) is 0 Å². The summed E-state index contributed by atoms with van der Waals surface area (Å²) in [6.07, 6.45) is 1.33. The van der Waals surface area contributed by atoms with Crippen LogP contribution in [0.4, 0.5) is 5.69 Å². The van der Waals surface area contributed by atoms with Crippen LogP contribution in [0.3, 0.4) is 0 Å². The highest BCUT2D eigenvalue weighted by Gasteiger charge is 2.05. The summed E-state index contributed by atoms with van der Waals surface area (Å²) in [7, 11) is 0. The van der Waals surface area contributed by atoms with Gasteiger partial charge in [0.25, 0.3) is 5.56 Å². The first-order valence-corrected chi connectivity index (χ1v) is 6.05. The number of hydrogen-bond donors (Lipinski definition) is 3. The van der Waals surface area contributed by atoms with Gasteiger partial charge in [0.15, 0.2) is 4.77 Å². The van der Waals surface area contributed by atoms with E-state index in [9.17, 15) is 9.90 Å². The SMILES string of the molecule is Cc1cccc(C)c1N=Cc1c(O)[nH]c(=S)[nH]c1=O. The number of hydrogen-bond acceptors (Lipinski definition) is 4. The summed E-state index contributed by atoms with van der Waals surface area (Å²) >= 11 is 4.75. The maximum absolute atomic E-state index is 11.7. The maximum atomic E-state index is 11.7. The van der Waals surface area contributed by atoms with Crippen LogP contribution in [0.1, 0.15) is 16.7 Å². The Morgan fingerprint density at radius 1 is 1.26 bits per heavy atom. The van der Waals surface area contributed by atoms with Gasteiger partial charge in [0, 0.05) is 6.21 Å². The number of aromatic nitrogens is 2. The molecule has 98 valence electrons. The second-order valence-corrected chi connectivity index (χ2v) is 4.58. The molecule has 2 aromatic rings. The number of H-pyrrole nitrogens is 2. The molecule has 0 amide bonds. The van der Waals surface area contributed by atoms with Crippen molar-refractivity contribution in [2.24, 2.45) is 4.99 Å². The third kappa shape index (κ3) is 2.79. The Labute approximate surface area is 114 Å². The van der Waals surface area contributed by atoms with Gasteiger partial charge in [0.2, 0.25) is 5.88 Å². The van der Waals surface area contributed by atoms with Crippen molar-refractivity contribution in [1.29, 1.82) is 0 Å². The zero-order valence-electron chi connectivity index (χ0n) is 10.5. The topological polar surface area (TPSA) is 81.2 Å². The van der Waals surface area contributed by atoms with Crippen LogP contribution in [-0.4, -0.2) is 21.3 Å². The molecule has 6 heteroatoms. The minimum absolute atomic E-state index is 0.0521. The van der Waals surface area contributed by atoms with Gasteiger partial charge in [-0.05, 0) is 37.2 Å². The molecule has 0 radical (unpaired) electrons. The van der Waals surface area contributed by atoms with Crippen molar-refractivity contribution in [2.45, 2.75) is 13.8 Å². The number of rotatable bonds is 2. The van der Waals surface area contributed by atoms with Crippen LogP contribution in [0.2, 0.25) is 0 Å². The van der Waals surface area contributed by atoms with Gasteiger partial charge in [-0.1, -0.05) is 18.2 Å². The lowest BCUT2D eigenvalue weighted by Crippen LogP contribution is -2.13. The molecule has 0 saturated carbocycles. The van der Waals surface area contributed by atoms with E-state index in [0.29, 0.717) is 0 Å². The van der Waals surface area contributed by atoms with Crippen molar-refractivity contribution in [1.82, 2.24) is 9.97 Å². The molecule has 1 heterocycles. The number of aliphatic imine (C=N–C) groups is 1. The number of para-hydroxylation sites is 1. The van der Waals surface area contributed by atoms with Gasteiger partial charge in [-0.25, -0.2) is 0 Å². The molecule has 0 aliphatic heterocycles. The first-order chi connectivity index (χ1) is 8.99. The lowest BCUT2D eigenvalue weighted by atomic mass is 10.1. The van der Waals surface area contributed by atoms with E-state index in [0.717, 1.165) is 16.8 Å². The molecule has 0 unspecified atom stereocenters. The van der Waals surface area contributed by atoms with Gasteiger partial charge in [-0.3, -0.25) is 14.8 Å². The minimum atomic E-state index is -0.476. The van der Waals surface area contributed by atoms with E-state index in [-0.39, 0.29) is 16.2 Å². The van der Waals surface area contributed by atoms with Crippen molar-refractivity contribution >= 4 is 24.1 Å². The largest absolute Gasteiger partial charge is 0.494 e. The van der Waals surface area contributed by atoms with Crippen LogP contribution in [0.5, 0.6) is 5.88 Å². The van der Waals surface area contributed by atoms with Gasteiger partial charge in [-0.15, -0.1) is 0 Å². The monoisotopic (exact) mass is 275 g/mol. The Bertz CT molecular complexity index is 739. The van der Waals surface area contributed by atoms with Crippen molar-refractivity contribution in [3.8, 4) is 5.88 Å². The third-order valence-electron chi connectivity index (χ3n) is 2.72. The molecule has 2 rings (SSSR count). The van der Waals surface area contributed by atoms with E-state index >= 15 is 0 Å². The highest BCUT2D eigenvalue weighted by atomic mass is 32.1. The Morgan fingerprint density at radius 3 is 2.47 bits per heavy atom. The van der Waals surface area contributed by atoms with Crippen molar-refractivity contribution in [2.75, 3.05) is 0 Å². The summed E-state index contributed by atoms with van der Waals surface area (Å²) in [6.45, 7) is 3.87. The molecule has 0 aliphatic rings. The number of nitrogens with zero attached hydrogens (tertiary/aromatic N) is 1. The van der Waals surface area contributed by atoms with Gasteiger partial charge in [-0.2, -0.15) is 0 Å². The highest BCUT2D eigenvalue weighted by Crippen LogP contribution is 2.22. The summed E-state index contributed by atoms with van der Waals surface area (Å²) in [5, 5.41) is 9.66. The molecule has 0 bridgehead atoms. The standard InChI is InChI=1S/C13H13N3O2S/c1-7-4-3-5-8(2)10(7)14-6-9-11(17)15-13(19)16-12(9)18/h3-6H,1-2H3,(H3,15,16,17,18,19). The quantitative estimate of drug-likeness (QED) is 0.582. The van der Waals surface area contributed by atoms with Gasteiger partial charge >= 0.3 is 0 Å². The summed E-state index contributed by atoms with van der Waals surface area (Å²) in [5.74, 6) is -0.288. The molecule has 0 saturated heterocycles. The fourth-order valence-electron chi connectivity index (χ4n) is 1.74. The average Bonchev–Trinajstić information content (AvgIpc) is 2.31. The second-order valence-electron chi connectivity index (χ2n) is 4.17. The average molecular weight is 275 g/mol. The Kier molecular flexibility index (Phi) is 3.62. The normalized spacial score (nSPS) is 11.1. The molecule has 1 aromatic heterocycles. The summed E-state index contributed by atoms with van der Waals surface area (Å²) < 4.78 is 0.0757. The number of nitrogens with one attached hydrogen (secondary N) is 2. The van der Waals surface area contributed by atoms with Gasteiger partial charge < -0.3 is 10.1 Å². The smallest absolute Gasteiger partial charge is 0.264 e. The van der Waals surface area contributed by atoms with Crippen LogP contribution in [0.25, 0.3) is 0 Å². The molecular formula is C13H13N3O2S. The Balaban J connectivity index is 2.50. The minimum Gasteiger partial charge on any atom is -0.494 e. The molecule has 1 aromatic carbocycles. The number of benzene rings is 1. The van der Waals surface area contributed by atoms with Crippen LogP contribution in [0.15, 0.2) is 28.0 Å². The lowest BCUT2D eigenvalue weighted by Gasteiger charge is -2.03. The van der Waals surface area contributed by atoms with Crippen LogP contribution < -0.4 is 5.56 Å². The van der Waals surface area contributed by atoms with Gasteiger partial charge in [0.1, 0.15) is 5.56 Å². The molecule has 5 nitrogen and oxygen atoms in total. The predicted octanol–water partition coefficient (Wildman–Crippen LogP) is 2.51. The van der Waals surface area contributed by atoms with Crippen molar-refractivity contribution < 1.29 is 5.11 Å². The van der Waals surface area contributed by atoms with Crippen molar-refractivity contribution in [3.05, 3.63) is 50.0 Å². The lowest BCUT2D eigenvalue weighted by molar-refractivity contribution is 0.449. The summed E-state index contributed by atoms with van der Waals surface area (Å²) in [4.78, 5) is 20.8. The van der Waals surface area contributed by atoms with Gasteiger partial charge in [0.05, 0.1) is 5.69 Å². The molecule has 0 fully saturated rings. The maximum Gasteiger partial charge on any atom is 0.264 e. The Morgan fingerprint density at radius 2 is 1.89 bits per heavy atom. The van der Waals surface area contributed by atoms with E-state index in [1.165, 1.54) is 6.21 Å². The summed E-state index contributed by atoms with van der Waals surface area (Å²) in [6, 6.07) is 5.80. The molecule has 3 N–H and O–H groups in total. The highest BCUT2D eigenvalue weighted by molar-refractivity contribution is 7.71. The predicted molar refractivity (Wildman–Crippen MR) is 77.1 cm³/mol. The zero-order valence-corrected chi connectivity index (χ0v) is 11.3. The van der Waals surface area contributed by atoms with Crippen LogP contribution in [0, 0.1) is 18.6 Å². The van der Waals surface area contributed by atoms with Crippen LogP contribution >= 0.6 is 12.2 Å². The number of aromatic hydroxyl groups is 1. The summed E-state index contributed by atoms with van der Waals surface area (Å²) in [5.41, 5.74) is 2.35. The van der Waals surface area contributed by atoms with E-state index in [1.807, 2.05) is 32.0 Å². The molecule has 0 aliphatic carbocycles. The number of aryl methyl sites for hydroxylation is 2. The fourth-order valence-corrected chi connectivity index (χ4v) is 1.93. The molecule has 19 heavy (non-hydrogen) atoms. The van der Waals surface area contributed by atoms with E-state index in [4.69, 9.17) is 12.2 Å². The van der Waals surface area contributed by atoms with E-state index < -0.39 is 5.56 Å². The third-order valence-corrected chi connectivity index (χ3v) is 2.93. The zero-order chi connectivity index (χ0) is 14.0. The molecule has 0 atom stereocenters. The number of aromatic amines is 2. The van der Waals surface area contributed by atoms with E-state index in [1.54, 1.807) is 0 Å². The first kappa shape index (κ1) is 13.2. The second kappa shape index (κ2) is 5.19. The molecule has 0 spiro atoms. The first-order valence-electron chi connectivity index (χ1n) is 5.65. The van der Waals surface area contributed by atoms with E-state index in [2.05, 4.69) is 15.0 Å². The Hall–Kier alpha value is -2.21. The van der Waals surface area contributed by atoms with Crippen molar-refractivity contribution in [3.63, 3.8) is 0 Å². The fraction of sp³-hybridized carbons (Fsp3) is 0.154.